The SMILES string of the molecule is Cc1cccc(C(O)c2cc(F)cc(F)c2)c1I. The number of benzene rings is 2. The first-order valence-electron chi connectivity index (χ1n) is 5.38. The molecule has 18 heavy (non-hydrogen) atoms. The molecule has 0 bridgehead atoms. The highest BCUT2D eigenvalue weighted by Gasteiger charge is 2.16. The predicted octanol–water partition coefficient (Wildman–Crippen LogP) is 3.96. The Hall–Kier alpha value is -1.01. The molecule has 0 radical (unpaired) electrons. The van der Waals surface area contributed by atoms with Gasteiger partial charge in [0.1, 0.15) is 17.7 Å². The molecule has 0 aliphatic carbocycles. The molecule has 0 amide bonds. The number of hydrogen-bond donors (Lipinski definition) is 1. The zero-order chi connectivity index (χ0) is 13.3. The third-order valence-corrected chi connectivity index (χ3v) is 4.19. The van der Waals surface area contributed by atoms with Crippen molar-refractivity contribution in [2.24, 2.45) is 0 Å². The smallest absolute Gasteiger partial charge is 0.126 e. The van der Waals surface area contributed by atoms with E-state index in [0.29, 0.717) is 5.56 Å². The molecular formula is C14H11F2IO. The molecule has 2 rings (SSSR count). The second-order valence-electron chi connectivity index (χ2n) is 4.08. The van der Waals surface area contributed by atoms with Crippen LogP contribution < -0.4 is 0 Å². The van der Waals surface area contributed by atoms with Crippen molar-refractivity contribution in [3.05, 3.63) is 68.3 Å². The number of aliphatic hydroxyl groups is 1. The largest absolute Gasteiger partial charge is 0.384 e. The molecule has 1 nitrogen and oxygen atoms in total. The van der Waals surface area contributed by atoms with Crippen LogP contribution in [-0.2, 0) is 0 Å². The van der Waals surface area contributed by atoms with Crippen LogP contribution in [0.15, 0.2) is 36.4 Å². The molecule has 2 aromatic rings. The van der Waals surface area contributed by atoms with E-state index in [1.807, 2.05) is 19.1 Å². The van der Waals surface area contributed by atoms with Crippen LogP contribution in [0, 0.1) is 22.1 Å². The summed E-state index contributed by atoms with van der Waals surface area (Å²) in [5.41, 5.74) is 1.89. The minimum atomic E-state index is -1.03. The van der Waals surface area contributed by atoms with Crippen LogP contribution >= 0.6 is 22.6 Å². The van der Waals surface area contributed by atoms with Gasteiger partial charge >= 0.3 is 0 Å². The molecule has 0 fully saturated rings. The highest BCUT2D eigenvalue weighted by atomic mass is 127. The summed E-state index contributed by atoms with van der Waals surface area (Å²) < 4.78 is 27.2. The molecule has 94 valence electrons. The van der Waals surface area contributed by atoms with E-state index in [4.69, 9.17) is 0 Å². The molecule has 0 saturated heterocycles. The van der Waals surface area contributed by atoms with Crippen LogP contribution in [0.1, 0.15) is 22.8 Å². The van der Waals surface area contributed by atoms with E-state index in [-0.39, 0.29) is 5.56 Å². The van der Waals surface area contributed by atoms with E-state index in [1.54, 1.807) is 6.07 Å². The Bertz CT molecular complexity index is 564. The maximum atomic E-state index is 13.1. The first kappa shape index (κ1) is 13.4. The zero-order valence-corrected chi connectivity index (χ0v) is 11.8. The summed E-state index contributed by atoms with van der Waals surface area (Å²) in [5.74, 6) is -1.38. The molecule has 0 heterocycles. The van der Waals surface area contributed by atoms with Gasteiger partial charge in [0, 0.05) is 9.64 Å². The summed E-state index contributed by atoms with van der Waals surface area (Å²) in [4.78, 5) is 0. The maximum absolute atomic E-state index is 13.1. The third kappa shape index (κ3) is 2.70. The van der Waals surface area contributed by atoms with Crippen molar-refractivity contribution in [3.63, 3.8) is 0 Å². The Morgan fingerprint density at radius 2 is 1.72 bits per heavy atom. The summed E-state index contributed by atoms with van der Waals surface area (Å²) in [6, 6.07) is 8.56. The standard InChI is InChI=1S/C14H11F2IO/c1-8-3-2-4-12(13(8)17)14(18)9-5-10(15)7-11(16)6-9/h2-7,14,18H,1H3. The van der Waals surface area contributed by atoms with Crippen molar-refractivity contribution in [3.8, 4) is 0 Å². The average Bonchev–Trinajstić information content (AvgIpc) is 2.30. The van der Waals surface area contributed by atoms with Crippen LogP contribution in [0.2, 0.25) is 0 Å². The normalized spacial score (nSPS) is 12.5. The molecule has 4 heteroatoms. The second kappa shape index (κ2) is 5.32. The number of rotatable bonds is 2. The van der Waals surface area contributed by atoms with Gasteiger partial charge in [0.25, 0.3) is 0 Å². The van der Waals surface area contributed by atoms with E-state index in [0.717, 1.165) is 27.3 Å². The minimum absolute atomic E-state index is 0.219. The molecule has 1 unspecified atom stereocenters. The fraction of sp³-hybridized carbons (Fsp3) is 0.143. The van der Waals surface area contributed by atoms with E-state index >= 15 is 0 Å². The zero-order valence-electron chi connectivity index (χ0n) is 9.62. The highest BCUT2D eigenvalue weighted by molar-refractivity contribution is 14.1. The molecule has 0 saturated carbocycles. The van der Waals surface area contributed by atoms with Crippen molar-refractivity contribution in [2.45, 2.75) is 13.0 Å². The summed E-state index contributed by atoms with van der Waals surface area (Å²) in [6.07, 6.45) is -1.03. The molecule has 0 aromatic heterocycles. The average molecular weight is 360 g/mol. The van der Waals surface area contributed by atoms with Gasteiger partial charge in [-0.05, 0) is 58.3 Å². The lowest BCUT2D eigenvalue weighted by molar-refractivity contribution is 0.218. The molecule has 2 aromatic carbocycles. The van der Waals surface area contributed by atoms with E-state index < -0.39 is 17.7 Å². The van der Waals surface area contributed by atoms with Crippen molar-refractivity contribution >= 4 is 22.6 Å². The Morgan fingerprint density at radius 3 is 2.33 bits per heavy atom. The molecule has 1 N–H and O–H groups in total. The molecule has 0 spiro atoms. The maximum Gasteiger partial charge on any atom is 0.126 e. The van der Waals surface area contributed by atoms with Crippen LogP contribution in [0.25, 0.3) is 0 Å². The van der Waals surface area contributed by atoms with Gasteiger partial charge in [-0.25, -0.2) is 8.78 Å². The lowest BCUT2D eigenvalue weighted by Gasteiger charge is -2.15. The quantitative estimate of drug-likeness (QED) is 0.804. The van der Waals surface area contributed by atoms with Gasteiger partial charge in [-0.2, -0.15) is 0 Å². The van der Waals surface area contributed by atoms with Crippen LogP contribution in [0.3, 0.4) is 0 Å². The molecule has 0 aliphatic rings. The van der Waals surface area contributed by atoms with Crippen molar-refractivity contribution in [1.29, 1.82) is 0 Å². The van der Waals surface area contributed by atoms with Crippen LogP contribution in [0.4, 0.5) is 8.78 Å². The third-order valence-electron chi connectivity index (χ3n) is 2.72. The number of aryl methyl sites for hydroxylation is 1. The highest BCUT2D eigenvalue weighted by Crippen LogP contribution is 2.28. The van der Waals surface area contributed by atoms with Gasteiger partial charge in [0.05, 0.1) is 0 Å². The molecule has 1 atom stereocenters. The van der Waals surface area contributed by atoms with Crippen molar-refractivity contribution in [1.82, 2.24) is 0 Å². The Labute approximate surface area is 118 Å². The fourth-order valence-corrected chi connectivity index (χ4v) is 2.45. The van der Waals surface area contributed by atoms with Crippen LogP contribution in [0.5, 0.6) is 0 Å². The van der Waals surface area contributed by atoms with Crippen molar-refractivity contribution < 1.29 is 13.9 Å². The van der Waals surface area contributed by atoms with Gasteiger partial charge in [0.15, 0.2) is 0 Å². The monoisotopic (exact) mass is 360 g/mol. The first-order chi connectivity index (χ1) is 8.49. The fourth-order valence-electron chi connectivity index (χ4n) is 1.79. The summed E-state index contributed by atoms with van der Waals surface area (Å²) >= 11 is 2.12. The molecular weight excluding hydrogens is 349 g/mol. The summed E-state index contributed by atoms with van der Waals surface area (Å²) in [7, 11) is 0. The van der Waals surface area contributed by atoms with E-state index in [2.05, 4.69) is 22.6 Å². The Balaban J connectivity index is 2.47. The first-order valence-corrected chi connectivity index (χ1v) is 6.46. The lowest BCUT2D eigenvalue weighted by Crippen LogP contribution is -2.04. The lowest BCUT2D eigenvalue weighted by atomic mass is 10.00. The van der Waals surface area contributed by atoms with Gasteiger partial charge in [-0.3, -0.25) is 0 Å². The van der Waals surface area contributed by atoms with Gasteiger partial charge < -0.3 is 5.11 Å². The van der Waals surface area contributed by atoms with Gasteiger partial charge in [-0.15, -0.1) is 0 Å². The minimum Gasteiger partial charge on any atom is -0.384 e. The van der Waals surface area contributed by atoms with Gasteiger partial charge in [-0.1, -0.05) is 18.2 Å². The summed E-state index contributed by atoms with van der Waals surface area (Å²) in [6.45, 7) is 1.92. The summed E-state index contributed by atoms with van der Waals surface area (Å²) in [5, 5.41) is 10.2. The molecule has 0 aliphatic heterocycles. The van der Waals surface area contributed by atoms with Gasteiger partial charge in [0.2, 0.25) is 0 Å². The van der Waals surface area contributed by atoms with E-state index in [9.17, 15) is 13.9 Å². The van der Waals surface area contributed by atoms with Crippen molar-refractivity contribution in [2.75, 3.05) is 0 Å². The number of hydrogen-bond acceptors (Lipinski definition) is 1. The Morgan fingerprint density at radius 1 is 1.11 bits per heavy atom. The number of halogens is 3. The number of aliphatic hydroxyl groups excluding tert-OH is 1. The Kier molecular flexibility index (Phi) is 3.97. The van der Waals surface area contributed by atoms with E-state index in [1.165, 1.54) is 0 Å². The topological polar surface area (TPSA) is 20.2 Å². The second-order valence-corrected chi connectivity index (χ2v) is 5.16. The van der Waals surface area contributed by atoms with Crippen LogP contribution in [-0.4, -0.2) is 5.11 Å². The predicted molar refractivity (Wildman–Crippen MR) is 74.3 cm³/mol.